The topological polar surface area (TPSA) is 70.8 Å². The summed E-state index contributed by atoms with van der Waals surface area (Å²) in [5.41, 5.74) is 2.50. The molecule has 1 aliphatic heterocycles. The van der Waals surface area contributed by atoms with E-state index in [1.54, 1.807) is 18.3 Å². The van der Waals surface area contributed by atoms with Crippen LogP contribution in [0.25, 0.3) is 22.4 Å². The Labute approximate surface area is 154 Å². The highest BCUT2D eigenvalue weighted by Gasteiger charge is 2.21. The second-order valence-electron chi connectivity index (χ2n) is 5.71. The molecule has 2 aromatic heterocycles. The van der Waals surface area contributed by atoms with Crippen molar-refractivity contribution in [3.63, 3.8) is 0 Å². The van der Waals surface area contributed by atoms with Crippen LogP contribution >= 0.6 is 11.6 Å². The van der Waals surface area contributed by atoms with Crippen LogP contribution in [0.15, 0.2) is 42.7 Å². The summed E-state index contributed by atoms with van der Waals surface area (Å²) in [4.78, 5) is 8.59. The van der Waals surface area contributed by atoms with Crippen LogP contribution in [0.2, 0.25) is 5.02 Å². The second-order valence-corrected chi connectivity index (χ2v) is 6.14. The summed E-state index contributed by atoms with van der Waals surface area (Å²) in [5.74, 6) is 0.651. The van der Waals surface area contributed by atoms with Gasteiger partial charge in [-0.1, -0.05) is 11.6 Å². The molecule has 1 aromatic carbocycles. The highest BCUT2D eigenvalue weighted by atomic mass is 35.5. The second kappa shape index (κ2) is 6.62. The molecule has 0 spiro atoms. The van der Waals surface area contributed by atoms with Gasteiger partial charge in [0.05, 0.1) is 17.8 Å². The van der Waals surface area contributed by atoms with Crippen molar-refractivity contribution < 1.29 is 9.13 Å². The number of fused-ring (bicyclic) bond motifs is 1. The average molecular weight is 367 g/mol. The van der Waals surface area contributed by atoms with Crippen molar-refractivity contribution in [2.75, 3.05) is 18.5 Å². The molecule has 0 aliphatic carbocycles. The van der Waals surface area contributed by atoms with Gasteiger partial charge in [0.1, 0.15) is 18.5 Å². The van der Waals surface area contributed by atoms with Crippen molar-refractivity contribution in [1.82, 2.24) is 9.97 Å². The van der Waals surface area contributed by atoms with Crippen molar-refractivity contribution in [2.24, 2.45) is 0 Å². The largest absolute Gasteiger partial charge is 0.487 e. The predicted molar refractivity (Wildman–Crippen MR) is 96.6 cm³/mol. The Bertz CT molecular complexity index is 1050. The molecule has 0 saturated heterocycles. The fraction of sp³-hybridized carbons (Fsp3) is 0.105. The number of hydrogen-bond acceptors (Lipinski definition) is 5. The first-order valence-corrected chi connectivity index (χ1v) is 8.26. The van der Waals surface area contributed by atoms with Crippen molar-refractivity contribution in [3.05, 3.63) is 59.1 Å². The van der Waals surface area contributed by atoms with Crippen molar-refractivity contribution >= 4 is 17.4 Å². The minimum absolute atomic E-state index is 0.290. The summed E-state index contributed by atoms with van der Waals surface area (Å²) in [5, 5.41) is 12.7. The van der Waals surface area contributed by atoms with E-state index >= 15 is 0 Å². The Hall–Kier alpha value is -3.17. The van der Waals surface area contributed by atoms with Gasteiger partial charge < -0.3 is 10.1 Å². The molecule has 0 fully saturated rings. The van der Waals surface area contributed by atoms with Gasteiger partial charge in [-0.05, 0) is 30.3 Å². The third-order valence-corrected chi connectivity index (χ3v) is 4.23. The van der Waals surface area contributed by atoms with E-state index in [0.717, 1.165) is 0 Å². The third kappa shape index (κ3) is 2.93. The van der Waals surface area contributed by atoms with E-state index in [4.69, 9.17) is 21.6 Å². The number of rotatable bonds is 2. The van der Waals surface area contributed by atoms with Gasteiger partial charge in [0.25, 0.3) is 0 Å². The van der Waals surface area contributed by atoms with E-state index in [0.29, 0.717) is 57.7 Å². The highest BCUT2D eigenvalue weighted by molar-refractivity contribution is 6.30. The van der Waals surface area contributed by atoms with E-state index in [1.165, 1.54) is 24.4 Å². The number of anilines is 1. The van der Waals surface area contributed by atoms with Gasteiger partial charge in [0.15, 0.2) is 11.6 Å². The predicted octanol–water partition coefficient (Wildman–Crippen LogP) is 4.28. The molecule has 0 unspecified atom stereocenters. The number of hydrogen-bond donors (Lipinski definition) is 1. The molecule has 0 atom stereocenters. The molecular weight excluding hydrogens is 355 g/mol. The van der Waals surface area contributed by atoms with Crippen LogP contribution in [0.4, 0.5) is 10.2 Å². The van der Waals surface area contributed by atoms with Gasteiger partial charge in [-0.25, -0.2) is 9.37 Å². The molecule has 0 radical (unpaired) electrons. The quantitative estimate of drug-likeness (QED) is 0.733. The number of aromatic nitrogens is 2. The number of nitrogens with one attached hydrogen (secondary N) is 1. The summed E-state index contributed by atoms with van der Waals surface area (Å²) < 4.78 is 20.1. The minimum Gasteiger partial charge on any atom is -0.487 e. The molecule has 1 aliphatic rings. The van der Waals surface area contributed by atoms with Crippen molar-refractivity contribution in [1.29, 1.82) is 5.26 Å². The van der Waals surface area contributed by atoms with E-state index in [-0.39, 0.29) is 0 Å². The molecule has 1 N–H and O–H groups in total. The maximum atomic E-state index is 14.3. The fourth-order valence-corrected chi connectivity index (χ4v) is 2.99. The van der Waals surface area contributed by atoms with Crippen LogP contribution in [0.1, 0.15) is 5.56 Å². The number of nitrogens with zero attached hydrogens (tertiary/aromatic N) is 3. The maximum Gasteiger partial charge on any atom is 0.170 e. The SMILES string of the molecule is N#Cc1cncc(-c2cc(-c3cc(Cl)ccc3F)nc3c2OCCN3)c1. The standard InChI is InChI=1S/C19H12ClFN4O/c20-13-1-2-16(21)15(6-13)17-7-14(12-5-11(8-22)9-23-10-12)18-19(25-17)24-3-4-26-18/h1-2,5-7,9-10H,3-4H2,(H,24,25). The van der Waals surface area contributed by atoms with Gasteiger partial charge in [-0.15, -0.1) is 0 Å². The molecule has 5 nitrogen and oxygen atoms in total. The average Bonchev–Trinajstić information content (AvgIpc) is 2.69. The summed E-state index contributed by atoms with van der Waals surface area (Å²) in [6.45, 7) is 1.08. The lowest BCUT2D eigenvalue weighted by molar-refractivity contribution is 0.323. The molecule has 0 bridgehead atoms. The molecule has 3 aromatic rings. The summed E-state index contributed by atoms with van der Waals surface area (Å²) in [6.07, 6.45) is 3.11. The lowest BCUT2D eigenvalue weighted by Crippen LogP contribution is -2.20. The Morgan fingerprint density at radius 3 is 2.92 bits per heavy atom. The zero-order valence-electron chi connectivity index (χ0n) is 13.5. The normalized spacial score (nSPS) is 12.5. The Balaban J connectivity index is 1.95. The van der Waals surface area contributed by atoms with Gasteiger partial charge in [-0.2, -0.15) is 5.26 Å². The van der Waals surface area contributed by atoms with Crippen LogP contribution in [0, 0.1) is 17.1 Å². The van der Waals surface area contributed by atoms with E-state index in [9.17, 15) is 4.39 Å². The lowest BCUT2D eigenvalue weighted by atomic mass is 10.0. The summed E-state index contributed by atoms with van der Waals surface area (Å²) >= 11 is 6.03. The van der Waals surface area contributed by atoms with E-state index in [2.05, 4.69) is 21.4 Å². The molecule has 0 saturated carbocycles. The maximum absolute atomic E-state index is 14.3. The Morgan fingerprint density at radius 1 is 1.19 bits per heavy atom. The first-order valence-electron chi connectivity index (χ1n) is 7.88. The molecular formula is C19H12ClFN4O. The molecule has 4 rings (SSSR count). The Morgan fingerprint density at radius 2 is 2.08 bits per heavy atom. The number of halogens is 2. The van der Waals surface area contributed by atoms with E-state index in [1.807, 2.05) is 0 Å². The fourth-order valence-electron chi connectivity index (χ4n) is 2.82. The van der Waals surface area contributed by atoms with Gasteiger partial charge in [-0.3, -0.25) is 4.98 Å². The van der Waals surface area contributed by atoms with Crippen LogP contribution in [0.5, 0.6) is 5.75 Å². The number of nitriles is 1. The first-order chi connectivity index (χ1) is 12.7. The van der Waals surface area contributed by atoms with Gasteiger partial charge >= 0.3 is 0 Å². The van der Waals surface area contributed by atoms with Crippen LogP contribution < -0.4 is 10.1 Å². The molecule has 0 amide bonds. The molecule has 26 heavy (non-hydrogen) atoms. The van der Waals surface area contributed by atoms with Gasteiger partial charge in [0, 0.05) is 34.1 Å². The lowest BCUT2D eigenvalue weighted by Gasteiger charge is -2.22. The Kier molecular flexibility index (Phi) is 4.15. The van der Waals surface area contributed by atoms with E-state index < -0.39 is 5.82 Å². The van der Waals surface area contributed by atoms with Crippen LogP contribution in [-0.4, -0.2) is 23.1 Å². The van der Waals surface area contributed by atoms with Gasteiger partial charge in [0.2, 0.25) is 0 Å². The van der Waals surface area contributed by atoms with Crippen molar-refractivity contribution in [2.45, 2.75) is 0 Å². The first kappa shape index (κ1) is 16.3. The highest BCUT2D eigenvalue weighted by Crippen LogP contribution is 2.40. The monoisotopic (exact) mass is 366 g/mol. The molecule has 7 heteroatoms. The minimum atomic E-state index is -0.423. The van der Waals surface area contributed by atoms with Crippen LogP contribution in [0.3, 0.4) is 0 Å². The molecule has 128 valence electrons. The molecule has 3 heterocycles. The third-order valence-electron chi connectivity index (χ3n) is 4.00. The summed E-state index contributed by atoms with van der Waals surface area (Å²) in [6, 6.07) is 9.82. The zero-order chi connectivity index (χ0) is 18.1. The smallest absolute Gasteiger partial charge is 0.170 e. The number of ether oxygens (including phenoxy) is 1. The zero-order valence-corrected chi connectivity index (χ0v) is 14.2. The summed E-state index contributed by atoms with van der Waals surface area (Å²) in [7, 11) is 0. The van der Waals surface area contributed by atoms with Crippen LogP contribution in [-0.2, 0) is 0 Å². The number of benzene rings is 1. The van der Waals surface area contributed by atoms with Crippen molar-refractivity contribution in [3.8, 4) is 34.2 Å². The number of pyridine rings is 2.